The number of hydrogen-bond donors (Lipinski definition) is 2. The number of pyridine rings is 1. The molecule has 1 aromatic carbocycles. The minimum atomic E-state index is -0.160. The SMILES string of the molecule is Cc1ccc(-c2cc(C(=O)NCc3ccc(N4CCNC(=O)C4)cc3)c3cnn(C(C)C)c3n2)s1. The molecule has 0 unspecified atom stereocenters. The standard InChI is InChI=1S/C26H28N6O2S/c1-16(2)32-25-21(14-29-32)20(12-22(30-25)23-9-4-17(3)35-23)26(34)28-13-18-5-7-19(8-6-18)31-11-10-27-24(33)15-31/h4-9,12,14,16H,10-11,13,15H2,1-3H3,(H,27,33)(H,28,34). The summed E-state index contributed by atoms with van der Waals surface area (Å²) < 4.78 is 1.86. The van der Waals surface area contributed by atoms with Crippen LogP contribution in [0.2, 0.25) is 0 Å². The van der Waals surface area contributed by atoms with Gasteiger partial charge in [-0.1, -0.05) is 12.1 Å². The van der Waals surface area contributed by atoms with Gasteiger partial charge in [-0.05, 0) is 56.7 Å². The number of rotatable bonds is 6. The van der Waals surface area contributed by atoms with Gasteiger partial charge in [-0.3, -0.25) is 9.59 Å². The molecule has 5 rings (SSSR count). The lowest BCUT2D eigenvalue weighted by Gasteiger charge is -2.28. The van der Waals surface area contributed by atoms with Crippen LogP contribution in [0.25, 0.3) is 21.6 Å². The molecule has 9 heteroatoms. The van der Waals surface area contributed by atoms with Crippen molar-refractivity contribution in [3.8, 4) is 10.6 Å². The third-order valence-electron chi connectivity index (χ3n) is 6.09. The number of carbonyl (C=O) groups is 2. The lowest BCUT2D eigenvalue weighted by Crippen LogP contribution is -2.47. The van der Waals surface area contributed by atoms with Crippen LogP contribution < -0.4 is 15.5 Å². The fourth-order valence-electron chi connectivity index (χ4n) is 4.24. The number of fused-ring (bicyclic) bond motifs is 1. The Hall–Kier alpha value is -3.72. The minimum absolute atomic E-state index is 0.0362. The molecule has 180 valence electrons. The van der Waals surface area contributed by atoms with Gasteiger partial charge in [-0.2, -0.15) is 5.10 Å². The van der Waals surface area contributed by atoms with Crippen LogP contribution >= 0.6 is 11.3 Å². The zero-order chi connectivity index (χ0) is 24.5. The Bertz CT molecular complexity index is 1390. The van der Waals surface area contributed by atoms with E-state index in [-0.39, 0.29) is 17.9 Å². The van der Waals surface area contributed by atoms with Gasteiger partial charge in [0.1, 0.15) is 0 Å². The van der Waals surface area contributed by atoms with Gasteiger partial charge in [0, 0.05) is 36.2 Å². The molecule has 8 nitrogen and oxygen atoms in total. The van der Waals surface area contributed by atoms with Crippen LogP contribution in [-0.4, -0.2) is 46.2 Å². The van der Waals surface area contributed by atoms with Gasteiger partial charge >= 0.3 is 0 Å². The monoisotopic (exact) mass is 488 g/mol. The zero-order valence-corrected chi connectivity index (χ0v) is 20.9. The normalized spacial score (nSPS) is 13.9. The molecule has 0 aliphatic carbocycles. The van der Waals surface area contributed by atoms with E-state index in [4.69, 9.17) is 4.98 Å². The third-order valence-corrected chi connectivity index (χ3v) is 7.11. The van der Waals surface area contributed by atoms with Crippen molar-refractivity contribution in [2.45, 2.75) is 33.4 Å². The number of piperazine rings is 1. The Morgan fingerprint density at radius 3 is 2.69 bits per heavy atom. The summed E-state index contributed by atoms with van der Waals surface area (Å²) >= 11 is 1.66. The number of thiophene rings is 1. The van der Waals surface area contributed by atoms with Gasteiger partial charge in [-0.15, -0.1) is 11.3 Å². The summed E-state index contributed by atoms with van der Waals surface area (Å²) in [6, 6.07) is 14.1. The molecule has 35 heavy (non-hydrogen) atoms. The largest absolute Gasteiger partial charge is 0.360 e. The van der Waals surface area contributed by atoms with E-state index >= 15 is 0 Å². The number of nitrogens with zero attached hydrogens (tertiary/aromatic N) is 4. The molecular weight excluding hydrogens is 460 g/mol. The molecule has 1 aliphatic rings. The van der Waals surface area contributed by atoms with Gasteiger partial charge in [-0.25, -0.2) is 9.67 Å². The number of benzene rings is 1. The Labute approximate surface area is 208 Å². The predicted octanol–water partition coefficient (Wildman–Crippen LogP) is 3.92. The Kier molecular flexibility index (Phi) is 6.25. The van der Waals surface area contributed by atoms with Crippen LogP contribution in [0.3, 0.4) is 0 Å². The lowest BCUT2D eigenvalue weighted by molar-refractivity contribution is -0.120. The van der Waals surface area contributed by atoms with Crippen molar-refractivity contribution < 1.29 is 9.59 Å². The summed E-state index contributed by atoms with van der Waals surface area (Å²) in [5.74, 6) is -0.124. The highest BCUT2D eigenvalue weighted by atomic mass is 32.1. The Morgan fingerprint density at radius 2 is 2.00 bits per heavy atom. The van der Waals surface area contributed by atoms with Crippen molar-refractivity contribution in [3.63, 3.8) is 0 Å². The number of hydrogen-bond acceptors (Lipinski definition) is 6. The predicted molar refractivity (Wildman–Crippen MR) is 139 cm³/mol. The van der Waals surface area contributed by atoms with Crippen molar-refractivity contribution in [1.82, 2.24) is 25.4 Å². The molecule has 1 saturated heterocycles. The number of anilines is 1. The second kappa shape index (κ2) is 9.50. The first-order valence-electron chi connectivity index (χ1n) is 11.7. The summed E-state index contributed by atoms with van der Waals surface area (Å²) in [4.78, 5) is 34.1. The minimum Gasteiger partial charge on any atom is -0.360 e. The maximum Gasteiger partial charge on any atom is 0.252 e. The van der Waals surface area contributed by atoms with E-state index in [1.54, 1.807) is 17.5 Å². The smallest absolute Gasteiger partial charge is 0.252 e. The molecule has 0 spiro atoms. The summed E-state index contributed by atoms with van der Waals surface area (Å²) in [5.41, 5.74) is 4.05. The molecule has 0 radical (unpaired) electrons. The second-order valence-corrected chi connectivity index (χ2v) is 10.3. The van der Waals surface area contributed by atoms with Crippen LogP contribution in [0.4, 0.5) is 5.69 Å². The third kappa shape index (κ3) is 4.77. The quantitative estimate of drug-likeness (QED) is 0.429. The molecule has 0 atom stereocenters. The molecule has 1 aliphatic heterocycles. The first-order valence-corrected chi connectivity index (χ1v) is 12.5. The molecule has 4 aromatic rings. The molecular formula is C26H28N6O2S. The molecule has 0 saturated carbocycles. The van der Waals surface area contributed by atoms with Gasteiger partial charge in [0.05, 0.1) is 34.3 Å². The van der Waals surface area contributed by atoms with Crippen LogP contribution in [0.5, 0.6) is 0 Å². The maximum atomic E-state index is 13.3. The van der Waals surface area contributed by atoms with Crippen LogP contribution in [0, 0.1) is 6.92 Å². The van der Waals surface area contributed by atoms with Crippen LogP contribution in [0.15, 0.2) is 48.7 Å². The second-order valence-electron chi connectivity index (χ2n) is 9.01. The molecule has 0 bridgehead atoms. The fourth-order valence-corrected chi connectivity index (χ4v) is 5.07. The van der Waals surface area contributed by atoms with Crippen molar-refractivity contribution in [1.29, 1.82) is 0 Å². The summed E-state index contributed by atoms with van der Waals surface area (Å²) in [5, 5.41) is 11.1. The number of aromatic nitrogens is 3. The molecule has 1 fully saturated rings. The van der Waals surface area contributed by atoms with Crippen molar-refractivity contribution in [2.75, 3.05) is 24.5 Å². The van der Waals surface area contributed by atoms with E-state index < -0.39 is 0 Å². The summed E-state index contributed by atoms with van der Waals surface area (Å²) in [6.45, 7) is 8.36. The molecule has 2 amide bonds. The number of aryl methyl sites for hydroxylation is 1. The topological polar surface area (TPSA) is 92.2 Å². The first-order chi connectivity index (χ1) is 16.9. The van der Waals surface area contributed by atoms with Gasteiger partial charge in [0.15, 0.2) is 5.65 Å². The maximum absolute atomic E-state index is 13.3. The molecule has 2 N–H and O–H groups in total. The highest BCUT2D eigenvalue weighted by Crippen LogP contribution is 2.30. The van der Waals surface area contributed by atoms with Crippen molar-refractivity contribution in [3.05, 3.63) is 64.7 Å². The number of carbonyl (C=O) groups excluding carboxylic acids is 2. The first kappa shape index (κ1) is 23.0. The zero-order valence-electron chi connectivity index (χ0n) is 20.0. The van der Waals surface area contributed by atoms with Gasteiger partial charge in [0.25, 0.3) is 5.91 Å². The highest BCUT2D eigenvalue weighted by molar-refractivity contribution is 7.15. The number of amides is 2. The average molecular weight is 489 g/mol. The van der Waals surface area contributed by atoms with E-state index in [2.05, 4.69) is 47.5 Å². The Morgan fingerprint density at radius 1 is 1.20 bits per heavy atom. The summed E-state index contributed by atoms with van der Waals surface area (Å²) in [7, 11) is 0. The molecule has 3 aromatic heterocycles. The molecule has 4 heterocycles. The van der Waals surface area contributed by atoms with E-state index in [1.807, 2.05) is 41.1 Å². The highest BCUT2D eigenvalue weighted by Gasteiger charge is 2.20. The number of nitrogens with one attached hydrogen (secondary N) is 2. The fraction of sp³-hybridized carbons (Fsp3) is 0.308. The van der Waals surface area contributed by atoms with Crippen molar-refractivity contribution >= 4 is 39.9 Å². The van der Waals surface area contributed by atoms with E-state index in [1.165, 1.54) is 4.88 Å². The van der Waals surface area contributed by atoms with E-state index in [0.29, 0.717) is 30.8 Å². The Balaban J connectivity index is 1.38. The average Bonchev–Trinajstić information content (AvgIpc) is 3.48. The van der Waals surface area contributed by atoms with Gasteiger partial charge < -0.3 is 15.5 Å². The lowest BCUT2D eigenvalue weighted by atomic mass is 10.1. The van der Waals surface area contributed by atoms with E-state index in [9.17, 15) is 9.59 Å². The van der Waals surface area contributed by atoms with Crippen molar-refractivity contribution in [2.24, 2.45) is 0 Å². The van der Waals surface area contributed by atoms with Gasteiger partial charge in [0.2, 0.25) is 5.91 Å². The van der Waals surface area contributed by atoms with Crippen LogP contribution in [0.1, 0.15) is 40.7 Å². The summed E-state index contributed by atoms with van der Waals surface area (Å²) in [6.07, 6.45) is 1.73. The van der Waals surface area contributed by atoms with E-state index in [0.717, 1.165) is 33.8 Å². The van der Waals surface area contributed by atoms with Crippen LogP contribution in [-0.2, 0) is 11.3 Å².